The van der Waals surface area contributed by atoms with E-state index in [1.807, 2.05) is 19.2 Å². The van der Waals surface area contributed by atoms with E-state index in [0.29, 0.717) is 0 Å². The Hall–Kier alpha value is -1.77. The van der Waals surface area contributed by atoms with Crippen molar-refractivity contribution in [3.05, 3.63) is 30.1 Å². The van der Waals surface area contributed by atoms with Gasteiger partial charge in [-0.1, -0.05) is 13.3 Å². The average Bonchev–Trinajstić information content (AvgIpc) is 2.87. The van der Waals surface area contributed by atoms with Crippen molar-refractivity contribution in [2.45, 2.75) is 26.7 Å². The van der Waals surface area contributed by atoms with Gasteiger partial charge in [0.15, 0.2) is 0 Å². The molecule has 1 fully saturated rings. The third kappa shape index (κ3) is 2.14. The highest BCUT2D eigenvalue weighted by molar-refractivity contribution is 6.01. The first-order valence-corrected chi connectivity index (χ1v) is 7.09. The summed E-state index contributed by atoms with van der Waals surface area (Å²) < 4.78 is 0. The summed E-state index contributed by atoms with van der Waals surface area (Å²) in [6, 6.07) is 6.32. The maximum absolute atomic E-state index is 6.07. The zero-order valence-electron chi connectivity index (χ0n) is 11.7. The Bertz CT molecular complexity index is 606. The SMILES string of the molecule is CCC1CCN(c2ccc(N)c3cnc(C)cc23)C1. The molecule has 0 amide bonds. The second kappa shape index (κ2) is 4.72. The highest BCUT2D eigenvalue weighted by Crippen LogP contribution is 2.34. The van der Waals surface area contributed by atoms with Gasteiger partial charge in [0.05, 0.1) is 0 Å². The second-order valence-electron chi connectivity index (χ2n) is 5.55. The Labute approximate surface area is 114 Å². The summed E-state index contributed by atoms with van der Waals surface area (Å²) in [6.07, 6.45) is 4.47. The largest absolute Gasteiger partial charge is 0.398 e. The van der Waals surface area contributed by atoms with Crippen molar-refractivity contribution in [1.82, 2.24) is 4.98 Å². The first-order chi connectivity index (χ1) is 9.19. The minimum atomic E-state index is 0.817. The van der Waals surface area contributed by atoms with E-state index >= 15 is 0 Å². The Kier molecular flexibility index (Phi) is 3.05. The Morgan fingerprint density at radius 3 is 2.95 bits per heavy atom. The molecule has 0 spiro atoms. The van der Waals surface area contributed by atoms with E-state index in [9.17, 15) is 0 Å². The van der Waals surface area contributed by atoms with Crippen LogP contribution in [0.2, 0.25) is 0 Å². The van der Waals surface area contributed by atoms with Crippen LogP contribution in [0.15, 0.2) is 24.4 Å². The lowest BCUT2D eigenvalue weighted by Gasteiger charge is -2.21. The van der Waals surface area contributed by atoms with E-state index in [2.05, 4.69) is 28.9 Å². The number of benzene rings is 1. The van der Waals surface area contributed by atoms with Crippen molar-refractivity contribution in [3.8, 4) is 0 Å². The minimum absolute atomic E-state index is 0.817. The summed E-state index contributed by atoms with van der Waals surface area (Å²) in [6.45, 7) is 6.63. The lowest BCUT2D eigenvalue weighted by Crippen LogP contribution is -2.19. The van der Waals surface area contributed by atoms with Crippen molar-refractivity contribution in [1.29, 1.82) is 0 Å². The lowest BCUT2D eigenvalue weighted by atomic mass is 10.1. The summed E-state index contributed by atoms with van der Waals surface area (Å²) in [5.41, 5.74) is 9.24. The van der Waals surface area contributed by atoms with Crippen molar-refractivity contribution >= 4 is 22.1 Å². The molecule has 1 aliphatic rings. The summed E-state index contributed by atoms with van der Waals surface area (Å²) in [4.78, 5) is 6.86. The molecule has 0 aliphatic carbocycles. The zero-order valence-corrected chi connectivity index (χ0v) is 11.7. The third-order valence-electron chi connectivity index (χ3n) is 4.25. The predicted molar refractivity (Wildman–Crippen MR) is 81.5 cm³/mol. The van der Waals surface area contributed by atoms with Gasteiger partial charge in [-0.2, -0.15) is 0 Å². The number of aromatic nitrogens is 1. The number of nitrogen functional groups attached to an aromatic ring is 1. The summed E-state index contributed by atoms with van der Waals surface area (Å²) in [7, 11) is 0. The number of hydrogen-bond donors (Lipinski definition) is 1. The summed E-state index contributed by atoms with van der Waals surface area (Å²) >= 11 is 0. The van der Waals surface area contributed by atoms with Crippen LogP contribution in [0.5, 0.6) is 0 Å². The molecule has 2 N–H and O–H groups in total. The fourth-order valence-corrected chi connectivity index (χ4v) is 3.01. The van der Waals surface area contributed by atoms with Gasteiger partial charge in [-0.3, -0.25) is 4.98 Å². The number of rotatable bonds is 2. The molecule has 1 unspecified atom stereocenters. The first-order valence-electron chi connectivity index (χ1n) is 7.09. The molecular weight excluding hydrogens is 234 g/mol. The molecule has 0 bridgehead atoms. The average molecular weight is 255 g/mol. The topological polar surface area (TPSA) is 42.1 Å². The van der Waals surface area contributed by atoms with Crippen LogP contribution in [0.3, 0.4) is 0 Å². The number of nitrogens with two attached hydrogens (primary N) is 1. The van der Waals surface area contributed by atoms with Crippen LogP contribution in [0.1, 0.15) is 25.5 Å². The highest BCUT2D eigenvalue weighted by atomic mass is 15.2. The smallest absolute Gasteiger partial charge is 0.0448 e. The monoisotopic (exact) mass is 255 g/mol. The molecule has 100 valence electrons. The summed E-state index contributed by atoms with van der Waals surface area (Å²) in [5.74, 6) is 0.829. The third-order valence-corrected chi connectivity index (χ3v) is 4.25. The van der Waals surface area contributed by atoms with Crippen LogP contribution in [-0.4, -0.2) is 18.1 Å². The fourth-order valence-electron chi connectivity index (χ4n) is 3.01. The molecule has 19 heavy (non-hydrogen) atoms. The molecule has 1 atom stereocenters. The lowest BCUT2D eigenvalue weighted by molar-refractivity contribution is 0.569. The minimum Gasteiger partial charge on any atom is -0.398 e. The number of pyridine rings is 1. The molecule has 1 aliphatic heterocycles. The van der Waals surface area contributed by atoms with Crippen LogP contribution >= 0.6 is 0 Å². The number of anilines is 2. The van der Waals surface area contributed by atoms with Gasteiger partial charge in [-0.05, 0) is 37.5 Å². The van der Waals surface area contributed by atoms with Crippen LogP contribution < -0.4 is 10.6 Å². The van der Waals surface area contributed by atoms with Crippen LogP contribution in [0.4, 0.5) is 11.4 Å². The molecule has 3 heteroatoms. The van der Waals surface area contributed by atoms with Gasteiger partial charge < -0.3 is 10.6 Å². The molecule has 2 heterocycles. The van der Waals surface area contributed by atoms with E-state index in [1.165, 1.54) is 23.9 Å². The molecule has 0 radical (unpaired) electrons. The number of nitrogens with zero attached hydrogens (tertiary/aromatic N) is 2. The van der Waals surface area contributed by atoms with Crippen LogP contribution in [0, 0.1) is 12.8 Å². The molecule has 2 aromatic rings. The van der Waals surface area contributed by atoms with Crippen LogP contribution in [0.25, 0.3) is 10.8 Å². The molecule has 3 nitrogen and oxygen atoms in total. The van der Waals surface area contributed by atoms with Crippen LogP contribution in [-0.2, 0) is 0 Å². The first kappa shape index (κ1) is 12.3. The Morgan fingerprint density at radius 1 is 1.37 bits per heavy atom. The molecule has 1 saturated heterocycles. The van der Waals surface area contributed by atoms with E-state index in [1.54, 1.807) is 0 Å². The van der Waals surface area contributed by atoms with E-state index in [4.69, 9.17) is 5.73 Å². The molecule has 0 saturated carbocycles. The van der Waals surface area contributed by atoms with Crippen molar-refractivity contribution in [2.75, 3.05) is 23.7 Å². The molecule has 1 aromatic heterocycles. The second-order valence-corrected chi connectivity index (χ2v) is 5.55. The highest BCUT2D eigenvalue weighted by Gasteiger charge is 2.22. The Balaban J connectivity index is 2.09. The normalized spacial score (nSPS) is 19.3. The van der Waals surface area contributed by atoms with Gasteiger partial charge in [-0.15, -0.1) is 0 Å². The van der Waals surface area contributed by atoms with E-state index < -0.39 is 0 Å². The van der Waals surface area contributed by atoms with Gasteiger partial charge in [0.1, 0.15) is 0 Å². The number of hydrogen-bond acceptors (Lipinski definition) is 3. The Morgan fingerprint density at radius 2 is 2.21 bits per heavy atom. The zero-order chi connectivity index (χ0) is 13.4. The standard InChI is InChI=1S/C16H21N3/c1-3-12-6-7-19(10-12)16-5-4-15(17)14-9-18-11(2)8-13(14)16/h4-5,8-9,12H,3,6-7,10,17H2,1-2H3. The number of fused-ring (bicyclic) bond motifs is 1. The van der Waals surface area contributed by atoms with Crippen molar-refractivity contribution in [2.24, 2.45) is 5.92 Å². The molecule has 3 rings (SSSR count). The molecule has 1 aromatic carbocycles. The summed E-state index contributed by atoms with van der Waals surface area (Å²) in [5, 5.41) is 2.31. The van der Waals surface area contributed by atoms with Gasteiger partial charge in [0.25, 0.3) is 0 Å². The van der Waals surface area contributed by atoms with Gasteiger partial charge in [-0.25, -0.2) is 0 Å². The molecular formula is C16H21N3. The maximum Gasteiger partial charge on any atom is 0.0448 e. The van der Waals surface area contributed by atoms with Gasteiger partial charge in [0, 0.05) is 47.1 Å². The van der Waals surface area contributed by atoms with Gasteiger partial charge in [0.2, 0.25) is 0 Å². The number of aryl methyl sites for hydroxylation is 1. The van der Waals surface area contributed by atoms with Crippen molar-refractivity contribution in [3.63, 3.8) is 0 Å². The van der Waals surface area contributed by atoms with E-state index in [-0.39, 0.29) is 0 Å². The van der Waals surface area contributed by atoms with Crippen molar-refractivity contribution < 1.29 is 0 Å². The van der Waals surface area contributed by atoms with Gasteiger partial charge >= 0.3 is 0 Å². The fraction of sp³-hybridized carbons (Fsp3) is 0.438. The van der Waals surface area contributed by atoms with E-state index in [0.717, 1.165) is 35.8 Å². The predicted octanol–water partition coefficient (Wildman–Crippen LogP) is 3.36. The quantitative estimate of drug-likeness (QED) is 0.837. The maximum atomic E-state index is 6.07.